The van der Waals surface area contributed by atoms with Gasteiger partial charge in [0, 0.05) is 6.20 Å². The number of nitrogens with zero attached hydrogens (tertiary/aromatic N) is 2. The molecule has 0 fully saturated rings. The van der Waals surface area contributed by atoms with Crippen molar-refractivity contribution >= 4 is 38.9 Å². The van der Waals surface area contributed by atoms with Crippen LogP contribution in [0.3, 0.4) is 0 Å². The Morgan fingerprint density at radius 3 is 2.60 bits per heavy atom. The van der Waals surface area contributed by atoms with Gasteiger partial charge in [-0.15, -0.1) is 0 Å². The molecule has 2 rings (SSSR count). The summed E-state index contributed by atoms with van der Waals surface area (Å²) in [5.41, 5.74) is 0.415. The van der Waals surface area contributed by atoms with Crippen molar-refractivity contribution in [2.24, 2.45) is 0 Å². The minimum absolute atomic E-state index is 0.0223. The predicted molar refractivity (Wildman–Crippen MR) is 76.2 cm³/mol. The topological polar surface area (TPSA) is 82.9 Å². The zero-order valence-electron chi connectivity index (χ0n) is 9.84. The average molecular weight is 328 g/mol. The molecule has 0 amide bonds. The van der Waals surface area contributed by atoms with Crippen LogP contribution in [0.5, 0.6) is 0 Å². The van der Waals surface area contributed by atoms with Crippen molar-refractivity contribution in [1.82, 2.24) is 4.98 Å². The fraction of sp³-hybridized carbons (Fsp3) is 0. The molecule has 0 saturated heterocycles. The second-order valence-electron chi connectivity index (χ2n) is 3.73. The van der Waals surface area contributed by atoms with Gasteiger partial charge in [-0.1, -0.05) is 23.2 Å². The summed E-state index contributed by atoms with van der Waals surface area (Å²) in [5.74, 6) is 0. The molecule has 2 aromatic rings. The third-order valence-electron chi connectivity index (χ3n) is 2.35. The summed E-state index contributed by atoms with van der Waals surface area (Å²) < 4.78 is 26.6. The molecule has 20 heavy (non-hydrogen) atoms. The number of anilines is 1. The van der Waals surface area contributed by atoms with Crippen molar-refractivity contribution in [3.63, 3.8) is 0 Å². The van der Waals surface area contributed by atoms with Crippen LogP contribution in [0, 0.1) is 11.3 Å². The van der Waals surface area contributed by atoms with Crippen LogP contribution in [0.1, 0.15) is 5.56 Å². The highest BCUT2D eigenvalue weighted by molar-refractivity contribution is 7.92. The fourth-order valence-corrected chi connectivity index (χ4v) is 2.90. The highest BCUT2D eigenvalue weighted by atomic mass is 35.5. The predicted octanol–water partition coefficient (Wildman–Crippen LogP) is 3.06. The summed E-state index contributed by atoms with van der Waals surface area (Å²) in [6.07, 6.45) is 1.29. The Hall–Kier alpha value is -1.81. The van der Waals surface area contributed by atoms with Crippen LogP contribution in [0.15, 0.2) is 41.4 Å². The van der Waals surface area contributed by atoms with Crippen molar-refractivity contribution in [3.8, 4) is 6.07 Å². The van der Waals surface area contributed by atoms with E-state index in [1.54, 1.807) is 0 Å². The summed E-state index contributed by atoms with van der Waals surface area (Å²) in [6.45, 7) is 0. The van der Waals surface area contributed by atoms with Gasteiger partial charge in [0.05, 0.1) is 21.2 Å². The summed E-state index contributed by atoms with van der Waals surface area (Å²) in [5, 5.41) is 9.18. The van der Waals surface area contributed by atoms with E-state index in [-0.39, 0.29) is 26.3 Å². The first-order chi connectivity index (χ1) is 9.42. The van der Waals surface area contributed by atoms with E-state index in [4.69, 9.17) is 28.5 Å². The van der Waals surface area contributed by atoms with Gasteiger partial charge in [-0.25, -0.2) is 13.4 Å². The molecule has 1 N–H and O–H groups in total. The zero-order valence-corrected chi connectivity index (χ0v) is 12.2. The molecule has 1 aromatic heterocycles. The minimum Gasteiger partial charge on any atom is -0.280 e. The Balaban J connectivity index is 2.36. The highest BCUT2D eigenvalue weighted by Crippen LogP contribution is 2.22. The first kappa shape index (κ1) is 14.6. The molecule has 102 valence electrons. The Kier molecular flexibility index (Phi) is 4.14. The SMILES string of the molecule is N#Cc1cc(NS(=O)(=O)c2ccnc(Cl)c2)ccc1Cl. The van der Waals surface area contributed by atoms with Gasteiger partial charge in [0.1, 0.15) is 11.2 Å². The number of benzene rings is 1. The van der Waals surface area contributed by atoms with Gasteiger partial charge in [-0.3, -0.25) is 4.72 Å². The summed E-state index contributed by atoms with van der Waals surface area (Å²) in [6, 6.07) is 8.67. The fourth-order valence-electron chi connectivity index (χ4n) is 1.44. The van der Waals surface area contributed by atoms with Gasteiger partial charge in [0.2, 0.25) is 0 Å². The first-order valence-electron chi connectivity index (χ1n) is 5.26. The van der Waals surface area contributed by atoms with E-state index in [1.165, 1.54) is 36.5 Å². The quantitative estimate of drug-likeness (QED) is 0.878. The van der Waals surface area contributed by atoms with E-state index in [9.17, 15) is 8.42 Å². The second kappa shape index (κ2) is 5.67. The third-order valence-corrected chi connectivity index (χ3v) is 4.26. The van der Waals surface area contributed by atoms with Crippen LogP contribution in [-0.2, 0) is 10.0 Å². The molecule has 0 unspecified atom stereocenters. The average Bonchev–Trinajstić information content (AvgIpc) is 2.40. The number of pyridine rings is 1. The minimum atomic E-state index is -3.80. The standard InChI is InChI=1S/C12H7Cl2N3O2S/c13-11-2-1-9(5-8(11)7-15)17-20(18,19)10-3-4-16-12(14)6-10/h1-6,17H. The summed E-state index contributed by atoms with van der Waals surface area (Å²) in [7, 11) is -3.80. The molecular formula is C12H7Cl2N3O2S. The van der Waals surface area contributed by atoms with Gasteiger partial charge in [-0.2, -0.15) is 5.26 Å². The maximum Gasteiger partial charge on any atom is 0.262 e. The van der Waals surface area contributed by atoms with Gasteiger partial charge >= 0.3 is 0 Å². The number of hydrogen-bond acceptors (Lipinski definition) is 4. The normalized spacial score (nSPS) is 10.8. The molecule has 1 heterocycles. The molecule has 0 aliphatic carbocycles. The molecule has 8 heteroatoms. The van der Waals surface area contributed by atoms with Crippen LogP contribution in [0.4, 0.5) is 5.69 Å². The number of aromatic nitrogens is 1. The van der Waals surface area contributed by atoms with Crippen molar-refractivity contribution < 1.29 is 8.42 Å². The molecule has 1 aromatic carbocycles. The van der Waals surface area contributed by atoms with Crippen LogP contribution in [-0.4, -0.2) is 13.4 Å². The number of nitriles is 1. The zero-order chi connectivity index (χ0) is 14.8. The lowest BCUT2D eigenvalue weighted by Crippen LogP contribution is -2.13. The van der Waals surface area contributed by atoms with Crippen molar-refractivity contribution in [2.45, 2.75) is 4.90 Å². The smallest absolute Gasteiger partial charge is 0.262 e. The largest absolute Gasteiger partial charge is 0.280 e. The summed E-state index contributed by atoms with van der Waals surface area (Å²) in [4.78, 5) is 3.69. The number of hydrogen-bond donors (Lipinski definition) is 1. The van der Waals surface area contributed by atoms with Crippen molar-refractivity contribution in [1.29, 1.82) is 5.26 Å². The lowest BCUT2D eigenvalue weighted by atomic mass is 10.2. The Morgan fingerprint density at radius 2 is 1.95 bits per heavy atom. The van der Waals surface area contributed by atoms with Gasteiger partial charge in [-0.05, 0) is 30.3 Å². The van der Waals surface area contributed by atoms with E-state index in [1.807, 2.05) is 6.07 Å². The maximum absolute atomic E-state index is 12.1. The molecule has 0 aliphatic rings. The van der Waals surface area contributed by atoms with Gasteiger partial charge in [0.25, 0.3) is 10.0 Å². The van der Waals surface area contributed by atoms with Crippen LogP contribution in [0.2, 0.25) is 10.2 Å². The van der Waals surface area contributed by atoms with Gasteiger partial charge in [0.15, 0.2) is 0 Å². The number of nitrogens with one attached hydrogen (secondary N) is 1. The highest BCUT2D eigenvalue weighted by Gasteiger charge is 2.15. The Labute approximate surface area is 125 Å². The monoisotopic (exact) mass is 327 g/mol. The number of halogens is 2. The number of sulfonamides is 1. The van der Waals surface area contributed by atoms with E-state index in [0.717, 1.165) is 0 Å². The summed E-state index contributed by atoms with van der Waals surface area (Å²) >= 11 is 11.4. The van der Waals surface area contributed by atoms with Crippen LogP contribution < -0.4 is 4.72 Å². The Morgan fingerprint density at radius 1 is 1.20 bits per heavy atom. The second-order valence-corrected chi connectivity index (χ2v) is 6.20. The number of rotatable bonds is 3. The van der Waals surface area contributed by atoms with Crippen molar-refractivity contribution in [2.75, 3.05) is 4.72 Å². The molecule has 0 radical (unpaired) electrons. The molecule has 0 bridgehead atoms. The lowest BCUT2D eigenvalue weighted by molar-refractivity contribution is 0.601. The molecule has 0 atom stereocenters. The molecule has 0 spiro atoms. The third kappa shape index (κ3) is 3.20. The molecule has 5 nitrogen and oxygen atoms in total. The van der Waals surface area contributed by atoms with Gasteiger partial charge < -0.3 is 0 Å². The van der Waals surface area contributed by atoms with E-state index in [2.05, 4.69) is 9.71 Å². The molecule has 0 saturated carbocycles. The van der Waals surface area contributed by atoms with E-state index < -0.39 is 10.0 Å². The van der Waals surface area contributed by atoms with Crippen LogP contribution >= 0.6 is 23.2 Å². The molecule has 0 aliphatic heterocycles. The van der Waals surface area contributed by atoms with Crippen molar-refractivity contribution in [3.05, 3.63) is 52.3 Å². The Bertz CT molecular complexity index is 801. The van der Waals surface area contributed by atoms with E-state index in [0.29, 0.717) is 0 Å². The maximum atomic E-state index is 12.1. The molecular weight excluding hydrogens is 321 g/mol. The lowest BCUT2D eigenvalue weighted by Gasteiger charge is -2.08. The van der Waals surface area contributed by atoms with E-state index >= 15 is 0 Å². The van der Waals surface area contributed by atoms with Crippen LogP contribution in [0.25, 0.3) is 0 Å². The first-order valence-corrected chi connectivity index (χ1v) is 7.50.